The topological polar surface area (TPSA) is 37.1 Å². The van der Waals surface area contributed by atoms with Crippen LogP contribution >= 0.6 is 11.6 Å². The SMILES string of the molecule is Clc1ccc(-c2nc(-c3ccccc3)nc(-c3ccccc3)[o+]2)cc1. The summed E-state index contributed by atoms with van der Waals surface area (Å²) in [5.41, 5.74) is 2.68. The number of halogens is 1. The summed E-state index contributed by atoms with van der Waals surface area (Å²) >= 11 is 5.99. The molecule has 0 saturated carbocycles. The highest BCUT2D eigenvalue weighted by molar-refractivity contribution is 6.30. The second-order valence-electron chi connectivity index (χ2n) is 5.50. The van der Waals surface area contributed by atoms with Crippen LogP contribution in [-0.2, 0) is 0 Å². The predicted octanol–water partition coefficient (Wildman–Crippen LogP) is 6.01. The summed E-state index contributed by atoms with van der Waals surface area (Å²) in [4.78, 5) is 9.22. The van der Waals surface area contributed by atoms with Crippen molar-refractivity contribution in [3.8, 4) is 34.3 Å². The van der Waals surface area contributed by atoms with E-state index in [0.717, 1.165) is 16.7 Å². The number of benzene rings is 3. The zero-order valence-electron chi connectivity index (χ0n) is 13.3. The maximum absolute atomic E-state index is 5.99. The summed E-state index contributed by atoms with van der Waals surface area (Å²) in [6.07, 6.45) is 0. The zero-order valence-corrected chi connectivity index (χ0v) is 14.0. The van der Waals surface area contributed by atoms with Crippen molar-refractivity contribution in [3.63, 3.8) is 0 Å². The van der Waals surface area contributed by atoms with Crippen molar-refractivity contribution in [2.24, 2.45) is 0 Å². The highest BCUT2D eigenvalue weighted by Gasteiger charge is 2.23. The Hall–Kier alpha value is -3.04. The third-order valence-corrected chi connectivity index (χ3v) is 4.00. The Kier molecular flexibility index (Phi) is 4.23. The van der Waals surface area contributed by atoms with Gasteiger partial charge in [0.1, 0.15) is 11.1 Å². The van der Waals surface area contributed by atoms with Crippen LogP contribution in [0, 0.1) is 0 Å². The van der Waals surface area contributed by atoms with E-state index in [-0.39, 0.29) is 0 Å². The van der Waals surface area contributed by atoms with Gasteiger partial charge in [0.15, 0.2) is 5.82 Å². The van der Waals surface area contributed by atoms with Gasteiger partial charge >= 0.3 is 11.8 Å². The second-order valence-corrected chi connectivity index (χ2v) is 5.93. The summed E-state index contributed by atoms with van der Waals surface area (Å²) < 4.78 is 5.99. The number of nitrogens with zero attached hydrogens (tertiary/aromatic N) is 2. The minimum absolute atomic E-state index is 0.504. The molecule has 0 N–H and O–H groups in total. The summed E-state index contributed by atoms with van der Waals surface area (Å²) in [5.74, 6) is 1.65. The first kappa shape index (κ1) is 15.5. The average molecular weight is 346 g/mol. The van der Waals surface area contributed by atoms with Gasteiger partial charge in [-0.15, -0.1) is 9.97 Å². The van der Waals surface area contributed by atoms with Crippen molar-refractivity contribution in [1.82, 2.24) is 9.97 Å². The van der Waals surface area contributed by atoms with Crippen molar-refractivity contribution >= 4 is 11.6 Å². The van der Waals surface area contributed by atoms with Gasteiger partial charge in [0.25, 0.3) is 0 Å². The minimum Gasteiger partial charge on any atom is -0.166 e. The number of rotatable bonds is 3. The fourth-order valence-corrected chi connectivity index (χ4v) is 2.62. The van der Waals surface area contributed by atoms with E-state index >= 15 is 0 Å². The molecule has 4 rings (SSSR count). The molecule has 0 aliphatic rings. The van der Waals surface area contributed by atoms with Gasteiger partial charge in [-0.05, 0) is 36.4 Å². The molecule has 0 aliphatic heterocycles. The molecule has 25 heavy (non-hydrogen) atoms. The van der Waals surface area contributed by atoms with Gasteiger partial charge < -0.3 is 0 Å². The second kappa shape index (κ2) is 6.83. The van der Waals surface area contributed by atoms with E-state index in [9.17, 15) is 0 Å². The average Bonchev–Trinajstić information content (AvgIpc) is 2.69. The Balaban J connectivity index is 1.90. The van der Waals surface area contributed by atoms with Crippen molar-refractivity contribution in [1.29, 1.82) is 0 Å². The van der Waals surface area contributed by atoms with Gasteiger partial charge in [-0.1, -0.05) is 60.1 Å². The van der Waals surface area contributed by atoms with Crippen LogP contribution in [-0.4, -0.2) is 9.97 Å². The molecule has 3 nitrogen and oxygen atoms in total. The molecule has 0 spiro atoms. The van der Waals surface area contributed by atoms with E-state index < -0.39 is 0 Å². The third kappa shape index (κ3) is 3.42. The molecule has 120 valence electrons. The molecule has 1 heterocycles. The van der Waals surface area contributed by atoms with Crippen LogP contribution in [0.3, 0.4) is 0 Å². The summed E-state index contributed by atoms with van der Waals surface area (Å²) in [6.45, 7) is 0. The summed E-state index contributed by atoms with van der Waals surface area (Å²) in [5, 5.41) is 0.671. The molecule has 0 saturated heterocycles. The number of hydrogen-bond acceptors (Lipinski definition) is 2. The lowest BCUT2D eigenvalue weighted by Crippen LogP contribution is -1.95. The van der Waals surface area contributed by atoms with Crippen LogP contribution in [0.25, 0.3) is 34.3 Å². The lowest BCUT2D eigenvalue weighted by molar-refractivity contribution is 0.540. The lowest BCUT2D eigenvalue weighted by Gasteiger charge is -2.00. The molecule has 3 aromatic carbocycles. The van der Waals surface area contributed by atoms with Crippen LogP contribution in [0.5, 0.6) is 0 Å². The Labute approximate surface area is 150 Å². The fraction of sp³-hybridized carbons (Fsp3) is 0. The minimum atomic E-state index is 0.504. The molecule has 1 aromatic heterocycles. The highest BCUT2D eigenvalue weighted by atomic mass is 35.5. The summed E-state index contributed by atoms with van der Waals surface area (Å²) in [6, 6.07) is 27.1. The molecule has 4 aromatic rings. The molecule has 0 radical (unpaired) electrons. The molecule has 0 unspecified atom stereocenters. The van der Waals surface area contributed by atoms with E-state index in [0.29, 0.717) is 22.6 Å². The Morgan fingerprint density at radius 2 is 1.04 bits per heavy atom. The van der Waals surface area contributed by atoms with E-state index in [1.807, 2.05) is 84.9 Å². The maximum Gasteiger partial charge on any atom is 0.464 e. The first-order chi connectivity index (χ1) is 12.3. The smallest absolute Gasteiger partial charge is 0.166 e. The van der Waals surface area contributed by atoms with Gasteiger partial charge in [-0.2, -0.15) is 4.42 Å². The number of hydrogen-bond donors (Lipinski definition) is 0. The summed E-state index contributed by atoms with van der Waals surface area (Å²) in [7, 11) is 0. The first-order valence-corrected chi connectivity index (χ1v) is 8.26. The largest absolute Gasteiger partial charge is 0.464 e. The maximum atomic E-state index is 5.99. The Bertz CT molecular complexity index is 930. The highest BCUT2D eigenvalue weighted by Crippen LogP contribution is 2.27. The quantitative estimate of drug-likeness (QED) is 0.427. The van der Waals surface area contributed by atoms with Gasteiger partial charge in [0, 0.05) is 10.6 Å². The van der Waals surface area contributed by atoms with Crippen LogP contribution in [0.1, 0.15) is 0 Å². The molecule has 0 fully saturated rings. The van der Waals surface area contributed by atoms with E-state index in [2.05, 4.69) is 9.97 Å². The molecule has 4 heteroatoms. The van der Waals surface area contributed by atoms with Crippen LogP contribution in [0.4, 0.5) is 0 Å². The third-order valence-electron chi connectivity index (χ3n) is 3.75. The standard InChI is InChI=1S/C21H14ClN2O/c22-18-13-11-17(12-14-18)21-24-19(15-7-3-1-4-8-15)23-20(25-21)16-9-5-2-6-10-16/h1-14H/q+1. The van der Waals surface area contributed by atoms with Crippen molar-refractivity contribution in [3.05, 3.63) is 90.0 Å². The molecule has 0 aliphatic carbocycles. The van der Waals surface area contributed by atoms with Gasteiger partial charge in [-0.3, -0.25) is 0 Å². The normalized spacial score (nSPS) is 10.6. The van der Waals surface area contributed by atoms with Crippen molar-refractivity contribution in [2.75, 3.05) is 0 Å². The molecular formula is C21H14ClN2O+. The zero-order chi connectivity index (χ0) is 17.1. The molecule has 0 bridgehead atoms. The Morgan fingerprint density at radius 1 is 0.560 bits per heavy atom. The van der Waals surface area contributed by atoms with Gasteiger partial charge in [0.2, 0.25) is 0 Å². The monoisotopic (exact) mass is 345 g/mol. The van der Waals surface area contributed by atoms with Gasteiger partial charge in [0.05, 0.1) is 0 Å². The van der Waals surface area contributed by atoms with E-state index in [1.165, 1.54) is 0 Å². The fourth-order valence-electron chi connectivity index (χ4n) is 2.49. The Morgan fingerprint density at radius 3 is 1.60 bits per heavy atom. The van der Waals surface area contributed by atoms with Crippen molar-refractivity contribution in [2.45, 2.75) is 0 Å². The van der Waals surface area contributed by atoms with Gasteiger partial charge in [-0.25, -0.2) is 0 Å². The molecule has 0 atom stereocenters. The molecule has 0 amide bonds. The van der Waals surface area contributed by atoms with E-state index in [4.69, 9.17) is 16.0 Å². The van der Waals surface area contributed by atoms with E-state index in [1.54, 1.807) is 0 Å². The van der Waals surface area contributed by atoms with Crippen LogP contribution in [0.2, 0.25) is 5.02 Å². The van der Waals surface area contributed by atoms with Crippen molar-refractivity contribution < 1.29 is 4.42 Å². The van der Waals surface area contributed by atoms with Crippen LogP contribution < -0.4 is 0 Å². The lowest BCUT2D eigenvalue weighted by atomic mass is 10.2. The first-order valence-electron chi connectivity index (χ1n) is 7.88. The predicted molar refractivity (Wildman–Crippen MR) is 100 cm³/mol. The molecular weight excluding hydrogens is 332 g/mol. The number of aromatic nitrogens is 2. The van der Waals surface area contributed by atoms with Crippen LogP contribution in [0.15, 0.2) is 89.3 Å².